The highest BCUT2D eigenvalue weighted by Crippen LogP contribution is 2.25. The molecule has 0 bridgehead atoms. The molecule has 2 N–H and O–H groups in total. The lowest BCUT2D eigenvalue weighted by Crippen LogP contribution is -2.53. The van der Waals surface area contributed by atoms with E-state index in [9.17, 15) is 14.9 Å². The number of hydrogen-bond acceptors (Lipinski definition) is 4. The molecule has 5 nitrogen and oxygen atoms in total. The van der Waals surface area contributed by atoms with Crippen molar-refractivity contribution < 1.29 is 19.6 Å². The Morgan fingerprint density at radius 3 is 2.26 bits per heavy atom. The molecule has 0 unspecified atom stereocenters. The van der Waals surface area contributed by atoms with E-state index in [1.807, 2.05) is 13.8 Å². The van der Waals surface area contributed by atoms with E-state index < -0.39 is 18.3 Å². The minimum Gasteiger partial charge on any atom is -0.423 e. The van der Waals surface area contributed by atoms with Crippen LogP contribution in [0.5, 0.6) is 0 Å². The molecule has 0 aromatic heterocycles. The van der Waals surface area contributed by atoms with Gasteiger partial charge < -0.3 is 19.7 Å². The van der Waals surface area contributed by atoms with Crippen LogP contribution in [0.2, 0.25) is 0 Å². The SMILES string of the molecule is CCN(CC)C(=O)c1cccc(B(O)OC(C)(C)C(C)(C)O)c1. The fourth-order valence-electron chi connectivity index (χ4n) is 2.01. The molecule has 1 rings (SSSR count). The maximum Gasteiger partial charge on any atom is 0.491 e. The zero-order chi connectivity index (χ0) is 17.8. The molecule has 0 aliphatic carbocycles. The summed E-state index contributed by atoms with van der Waals surface area (Å²) in [7, 11) is -1.22. The van der Waals surface area contributed by atoms with Crippen molar-refractivity contribution in [2.75, 3.05) is 13.1 Å². The van der Waals surface area contributed by atoms with Crippen LogP contribution in [0.3, 0.4) is 0 Å². The number of amides is 1. The largest absolute Gasteiger partial charge is 0.491 e. The quantitative estimate of drug-likeness (QED) is 0.745. The minimum atomic E-state index is -1.22. The molecule has 0 heterocycles. The Bertz CT molecular complexity index is 536. The maximum absolute atomic E-state index is 12.4. The van der Waals surface area contributed by atoms with Gasteiger partial charge in [-0.15, -0.1) is 0 Å². The van der Waals surface area contributed by atoms with Crippen LogP contribution in [0, 0.1) is 0 Å². The van der Waals surface area contributed by atoms with Gasteiger partial charge in [-0.25, -0.2) is 0 Å². The van der Waals surface area contributed by atoms with Gasteiger partial charge in [0, 0.05) is 18.7 Å². The van der Waals surface area contributed by atoms with Gasteiger partial charge >= 0.3 is 7.12 Å². The molecule has 0 aliphatic rings. The van der Waals surface area contributed by atoms with Gasteiger partial charge in [-0.1, -0.05) is 12.1 Å². The van der Waals surface area contributed by atoms with Crippen molar-refractivity contribution in [3.63, 3.8) is 0 Å². The summed E-state index contributed by atoms with van der Waals surface area (Å²) in [6.07, 6.45) is 0. The third kappa shape index (κ3) is 4.80. The van der Waals surface area contributed by atoms with Crippen molar-refractivity contribution in [2.45, 2.75) is 52.7 Å². The average molecular weight is 321 g/mol. The number of hydrogen-bond donors (Lipinski definition) is 2. The molecular formula is C17H28BNO4. The molecule has 0 spiro atoms. The molecule has 1 aromatic rings. The standard InChI is InChI=1S/C17H28BNO4/c1-7-19(8-2)15(20)13-10-9-11-14(12-13)18(22)23-17(5,6)16(3,4)21/h9-12,21-22H,7-8H2,1-6H3. The van der Waals surface area contributed by atoms with Crippen molar-refractivity contribution >= 4 is 18.5 Å². The van der Waals surface area contributed by atoms with Crippen LogP contribution in [-0.4, -0.2) is 52.3 Å². The maximum atomic E-state index is 12.4. The molecule has 23 heavy (non-hydrogen) atoms. The second kappa shape index (κ2) is 7.47. The van der Waals surface area contributed by atoms with Crippen molar-refractivity contribution in [3.05, 3.63) is 29.8 Å². The lowest BCUT2D eigenvalue weighted by Gasteiger charge is -2.38. The Morgan fingerprint density at radius 1 is 1.22 bits per heavy atom. The lowest BCUT2D eigenvalue weighted by molar-refractivity contribution is -0.0982. The Balaban J connectivity index is 2.98. The number of nitrogens with zero attached hydrogens (tertiary/aromatic N) is 1. The summed E-state index contributed by atoms with van der Waals surface area (Å²) in [5, 5.41) is 20.4. The van der Waals surface area contributed by atoms with Crippen LogP contribution in [-0.2, 0) is 4.65 Å². The highest BCUT2D eigenvalue weighted by Gasteiger charge is 2.39. The minimum absolute atomic E-state index is 0.0780. The van der Waals surface area contributed by atoms with E-state index in [2.05, 4.69) is 0 Å². The van der Waals surface area contributed by atoms with Crippen LogP contribution < -0.4 is 5.46 Å². The smallest absolute Gasteiger partial charge is 0.423 e. The van der Waals surface area contributed by atoms with Crippen molar-refractivity contribution in [1.82, 2.24) is 4.90 Å². The summed E-state index contributed by atoms with van der Waals surface area (Å²) < 4.78 is 5.62. The predicted molar refractivity (Wildman–Crippen MR) is 92.8 cm³/mol. The van der Waals surface area contributed by atoms with E-state index in [1.54, 1.807) is 56.9 Å². The molecular weight excluding hydrogens is 293 g/mol. The van der Waals surface area contributed by atoms with Crippen LogP contribution in [0.25, 0.3) is 0 Å². The van der Waals surface area contributed by atoms with E-state index in [-0.39, 0.29) is 5.91 Å². The highest BCUT2D eigenvalue weighted by atomic mass is 16.5. The number of rotatable bonds is 7. The molecule has 0 fully saturated rings. The van der Waals surface area contributed by atoms with E-state index >= 15 is 0 Å². The summed E-state index contributed by atoms with van der Waals surface area (Å²) in [6.45, 7) is 11.8. The van der Waals surface area contributed by atoms with Gasteiger partial charge in [0.15, 0.2) is 0 Å². The Kier molecular flexibility index (Phi) is 6.39. The summed E-state index contributed by atoms with van der Waals surface area (Å²) in [4.78, 5) is 14.1. The third-order valence-electron chi connectivity index (χ3n) is 4.35. The molecule has 1 amide bonds. The van der Waals surface area contributed by atoms with Crippen LogP contribution in [0.15, 0.2) is 24.3 Å². The van der Waals surface area contributed by atoms with Gasteiger partial charge in [-0.2, -0.15) is 0 Å². The average Bonchev–Trinajstić information content (AvgIpc) is 2.47. The van der Waals surface area contributed by atoms with E-state index in [4.69, 9.17) is 4.65 Å². The number of benzene rings is 1. The zero-order valence-electron chi connectivity index (χ0n) is 15.0. The normalized spacial score (nSPS) is 12.2. The monoisotopic (exact) mass is 321 g/mol. The van der Waals surface area contributed by atoms with E-state index in [0.29, 0.717) is 24.1 Å². The fourth-order valence-corrected chi connectivity index (χ4v) is 2.01. The second-order valence-corrected chi connectivity index (χ2v) is 6.64. The number of aliphatic hydroxyl groups is 1. The Hall–Kier alpha value is -1.37. The molecule has 0 radical (unpaired) electrons. The van der Waals surface area contributed by atoms with Gasteiger partial charge in [-0.05, 0) is 59.1 Å². The lowest BCUT2D eigenvalue weighted by atomic mass is 9.76. The van der Waals surface area contributed by atoms with E-state index in [1.165, 1.54) is 0 Å². The number of carbonyl (C=O) groups excluding carboxylic acids is 1. The van der Waals surface area contributed by atoms with Crippen molar-refractivity contribution in [1.29, 1.82) is 0 Å². The molecule has 0 aliphatic heterocycles. The first-order chi connectivity index (χ1) is 10.5. The predicted octanol–water partition coefficient (Wildman–Crippen LogP) is 1.42. The molecule has 0 saturated heterocycles. The topological polar surface area (TPSA) is 70.0 Å². The van der Waals surface area contributed by atoms with Crippen LogP contribution in [0.4, 0.5) is 0 Å². The summed E-state index contributed by atoms with van der Waals surface area (Å²) in [6, 6.07) is 6.77. The van der Waals surface area contributed by atoms with Crippen LogP contribution >= 0.6 is 0 Å². The number of carbonyl (C=O) groups is 1. The molecule has 0 saturated carbocycles. The van der Waals surface area contributed by atoms with Gasteiger partial charge in [0.1, 0.15) is 0 Å². The van der Waals surface area contributed by atoms with Gasteiger partial charge in [0.05, 0.1) is 11.2 Å². The summed E-state index contributed by atoms with van der Waals surface area (Å²) >= 11 is 0. The molecule has 128 valence electrons. The molecule has 1 aromatic carbocycles. The zero-order valence-corrected chi connectivity index (χ0v) is 15.0. The molecule has 0 atom stereocenters. The fraction of sp³-hybridized carbons (Fsp3) is 0.588. The first-order valence-electron chi connectivity index (χ1n) is 8.01. The first kappa shape index (κ1) is 19.7. The van der Waals surface area contributed by atoms with Gasteiger partial charge in [-0.3, -0.25) is 4.79 Å². The highest BCUT2D eigenvalue weighted by molar-refractivity contribution is 6.60. The second-order valence-electron chi connectivity index (χ2n) is 6.64. The third-order valence-corrected chi connectivity index (χ3v) is 4.35. The van der Waals surface area contributed by atoms with Crippen LogP contribution in [0.1, 0.15) is 51.9 Å². The summed E-state index contributed by atoms with van der Waals surface area (Å²) in [5.74, 6) is -0.0780. The van der Waals surface area contributed by atoms with Gasteiger partial charge in [0.2, 0.25) is 0 Å². The van der Waals surface area contributed by atoms with Crippen molar-refractivity contribution in [2.24, 2.45) is 0 Å². The van der Waals surface area contributed by atoms with Gasteiger partial charge in [0.25, 0.3) is 5.91 Å². The Labute approximate surface area is 139 Å². The van der Waals surface area contributed by atoms with E-state index in [0.717, 1.165) is 0 Å². The molecule has 6 heteroatoms. The summed E-state index contributed by atoms with van der Waals surface area (Å²) in [5.41, 5.74) is -1.08. The Morgan fingerprint density at radius 2 is 1.78 bits per heavy atom. The van der Waals surface area contributed by atoms with Crippen molar-refractivity contribution in [3.8, 4) is 0 Å². The first-order valence-corrected chi connectivity index (χ1v) is 8.01.